The van der Waals surface area contributed by atoms with Crippen molar-refractivity contribution >= 4 is 16.8 Å². The summed E-state index contributed by atoms with van der Waals surface area (Å²) in [4.78, 5) is 18.3. The lowest BCUT2D eigenvalue weighted by atomic mass is 10.0. The Balaban J connectivity index is 1.28. The van der Waals surface area contributed by atoms with E-state index in [1.54, 1.807) is 0 Å². The Hall–Kier alpha value is -2.59. The van der Waals surface area contributed by atoms with Crippen LogP contribution in [-0.4, -0.2) is 41.5 Å². The topological polar surface area (TPSA) is 48.1 Å². The number of hydrogen-bond acceptors (Lipinski definition) is 2. The van der Waals surface area contributed by atoms with Crippen molar-refractivity contribution < 1.29 is 4.79 Å². The van der Waals surface area contributed by atoms with Gasteiger partial charge in [0, 0.05) is 29.9 Å². The standard InChI is InChI=1S/C23H27N3O/c27-23(20-11-10-19-12-13-24-22(19)16-20)25-21-9-5-15-26(17-21)14-4-8-18-6-2-1-3-7-18/h1-3,6-7,10-13,16,21,24H,4-5,8-9,14-15,17H2,(H,25,27). The Morgan fingerprint density at radius 3 is 2.93 bits per heavy atom. The number of likely N-dealkylation sites (tertiary alicyclic amines) is 1. The van der Waals surface area contributed by atoms with E-state index in [-0.39, 0.29) is 11.9 Å². The van der Waals surface area contributed by atoms with Gasteiger partial charge in [-0.15, -0.1) is 0 Å². The zero-order valence-corrected chi connectivity index (χ0v) is 15.7. The number of carbonyl (C=O) groups excluding carboxylic acids is 1. The molecule has 4 nitrogen and oxygen atoms in total. The van der Waals surface area contributed by atoms with Gasteiger partial charge in [-0.3, -0.25) is 4.79 Å². The molecule has 1 atom stereocenters. The third kappa shape index (κ3) is 4.58. The van der Waals surface area contributed by atoms with Crippen LogP contribution in [0.15, 0.2) is 60.8 Å². The van der Waals surface area contributed by atoms with Crippen LogP contribution in [0.25, 0.3) is 10.9 Å². The number of aryl methyl sites for hydroxylation is 1. The number of carbonyl (C=O) groups is 1. The number of aromatic nitrogens is 1. The van der Waals surface area contributed by atoms with E-state index in [1.165, 1.54) is 5.56 Å². The van der Waals surface area contributed by atoms with Crippen molar-refractivity contribution in [3.8, 4) is 0 Å². The van der Waals surface area contributed by atoms with Gasteiger partial charge in [0.2, 0.25) is 0 Å². The number of fused-ring (bicyclic) bond motifs is 1. The van der Waals surface area contributed by atoms with Gasteiger partial charge in [0.05, 0.1) is 0 Å². The van der Waals surface area contributed by atoms with Crippen LogP contribution in [0.5, 0.6) is 0 Å². The van der Waals surface area contributed by atoms with E-state index in [2.05, 4.69) is 45.5 Å². The van der Waals surface area contributed by atoms with Crippen LogP contribution in [0.4, 0.5) is 0 Å². The second kappa shape index (κ2) is 8.40. The van der Waals surface area contributed by atoms with E-state index < -0.39 is 0 Å². The second-order valence-corrected chi connectivity index (χ2v) is 7.48. The molecule has 140 valence electrons. The quantitative estimate of drug-likeness (QED) is 0.697. The van der Waals surface area contributed by atoms with Crippen molar-refractivity contribution in [1.29, 1.82) is 0 Å². The average Bonchev–Trinajstić information content (AvgIpc) is 3.17. The van der Waals surface area contributed by atoms with Gasteiger partial charge >= 0.3 is 0 Å². The summed E-state index contributed by atoms with van der Waals surface area (Å²) in [6.45, 7) is 3.18. The van der Waals surface area contributed by atoms with Gasteiger partial charge in [-0.2, -0.15) is 0 Å². The van der Waals surface area contributed by atoms with Crippen LogP contribution in [0.1, 0.15) is 35.2 Å². The van der Waals surface area contributed by atoms with Crippen LogP contribution < -0.4 is 5.32 Å². The molecule has 27 heavy (non-hydrogen) atoms. The molecule has 1 aromatic heterocycles. The minimum atomic E-state index is 0.0302. The predicted molar refractivity (Wildman–Crippen MR) is 110 cm³/mol. The number of nitrogens with zero attached hydrogens (tertiary/aromatic N) is 1. The van der Waals surface area contributed by atoms with Gasteiger partial charge in [-0.1, -0.05) is 36.4 Å². The SMILES string of the molecule is O=C(NC1CCCN(CCCc2ccccc2)C1)c1ccc2cc[nH]c2c1. The fraction of sp³-hybridized carbons (Fsp3) is 0.348. The van der Waals surface area contributed by atoms with E-state index in [4.69, 9.17) is 0 Å². The lowest BCUT2D eigenvalue weighted by molar-refractivity contribution is 0.0903. The monoisotopic (exact) mass is 361 g/mol. The number of aromatic amines is 1. The van der Waals surface area contributed by atoms with Gasteiger partial charge in [0.25, 0.3) is 5.91 Å². The fourth-order valence-corrected chi connectivity index (χ4v) is 3.99. The normalized spacial score (nSPS) is 17.9. The first-order valence-electron chi connectivity index (χ1n) is 9.92. The molecule has 3 aromatic rings. The van der Waals surface area contributed by atoms with Gasteiger partial charge < -0.3 is 15.2 Å². The first-order valence-corrected chi connectivity index (χ1v) is 9.92. The summed E-state index contributed by atoms with van der Waals surface area (Å²) in [5.74, 6) is 0.0302. The third-order valence-electron chi connectivity index (χ3n) is 5.44. The third-order valence-corrected chi connectivity index (χ3v) is 5.44. The van der Waals surface area contributed by atoms with Gasteiger partial charge in [-0.25, -0.2) is 0 Å². The Bertz CT molecular complexity index is 887. The summed E-state index contributed by atoms with van der Waals surface area (Å²) in [5, 5.41) is 4.37. The number of H-pyrrole nitrogens is 1. The molecule has 0 spiro atoms. The van der Waals surface area contributed by atoms with E-state index in [0.29, 0.717) is 0 Å². The molecule has 1 aliphatic heterocycles. The summed E-state index contributed by atoms with van der Waals surface area (Å²) in [6, 6.07) is 18.8. The average molecular weight is 361 g/mol. The second-order valence-electron chi connectivity index (χ2n) is 7.48. The zero-order valence-electron chi connectivity index (χ0n) is 15.7. The molecule has 1 unspecified atom stereocenters. The van der Waals surface area contributed by atoms with E-state index in [1.807, 2.05) is 30.5 Å². The van der Waals surface area contributed by atoms with Crippen LogP contribution in [0.3, 0.4) is 0 Å². The molecule has 4 rings (SSSR count). The number of nitrogens with one attached hydrogen (secondary N) is 2. The molecule has 0 radical (unpaired) electrons. The number of benzene rings is 2. The number of piperidine rings is 1. The van der Waals surface area contributed by atoms with Crippen molar-refractivity contribution in [2.45, 2.75) is 31.7 Å². The molecule has 0 aliphatic carbocycles. The number of amides is 1. The Labute approximate surface area is 160 Å². The molecule has 1 fully saturated rings. The Kier molecular flexibility index (Phi) is 5.54. The highest BCUT2D eigenvalue weighted by atomic mass is 16.1. The molecule has 0 saturated carbocycles. The summed E-state index contributed by atoms with van der Waals surface area (Å²) in [5.41, 5.74) is 3.14. The summed E-state index contributed by atoms with van der Waals surface area (Å²) in [6.07, 6.45) is 6.39. The lowest BCUT2D eigenvalue weighted by Gasteiger charge is -2.33. The van der Waals surface area contributed by atoms with Crippen molar-refractivity contribution in [2.75, 3.05) is 19.6 Å². The van der Waals surface area contributed by atoms with E-state index in [9.17, 15) is 4.79 Å². The van der Waals surface area contributed by atoms with E-state index >= 15 is 0 Å². The van der Waals surface area contributed by atoms with Crippen LogP contribution in [0, 0.1) is 0 Å². The van der Waals surface area contributed by atoms with Crippen molar-refractivity contribution in [3.05, 3.63) is 71.9 Å². The van der Waals surface area contributed by atoms with Crippen molar-refractivity contribution in [1.82, 2.24) is 15.2 Å². The fourth-order valence-electron chi connectivity index (χ4n) is 3.99. The molecular formula is C23H27N3O. The van der Waals surface area contributed by atoms with Gasteiger partial charge in [-0.05, 0) is 67.9 Å². The first kappa shape index (κ1) is 17.8. The summed E-state index contributed by atoms with van der Waals surface area (Å²) in [7, 11) is 0. The van der Waals surface area contributed by atoms with Gasteiger partial charge in [0.1, 0.15) is 0 Å². The molecule has 4 heteroatoms. The maximum Gasteiger partial charge on any atom is 0.251 e. The molecule has 1 aliphatic rings. The highest BCUT2D eigenvalue weighted by Crippen LogP contribution is 2.16. The minimum absolute atomic E-state index is 0.0302. The predicted octanol–water partition coefficient (Wildman–Crippen LogP) is 3.99. The van der Waals surface area contributed by atoms with Crippen molar-refractivity contribution in [3.63, 3.8) is 0 Å². The maximum atomic E-state index is 12.6. The summed E-state index contributed by atoms with van der Waals surface area (Å²) >= 11 is 0. The van der Waals surface area contributed by atoms with Crippen molar-refractivity contribution in [2.24, 2.45) is 0 Å². The van der Waals surface area contributed by atoms with Crippen LogP contribution in [0.2, 0.25) is 0 Å². The molecule has 1 amide bonds. The molecular weight excluding hydrogens is 334 g/mol. The number of hydrogen-bond donors (Lipinski definition) is 2. The van der Waals surface area contributed by atoms with Crippen LogP contribution in [-0.2, 0) is 6.42 Å². The van der Waals surface area contributed by atoms with Crippen LogP contribution >= 0.6 is 0 Å². The molecule has 2 N–H and O–H groups in total. The molecule has 2 heterocycles. The lowest BCUT2D eigenvalue weighted by Crippen LogP contribution is -2.47. The zero-order chi connectivity index (χ0) is 18.5. The smallest absolute Gasteiger partial charge is 0.251 e. The largest absolute Gasteiger partial charge is 0.361 e. The Morgan fingerprint density at radius 2 is 2.04 bits per heavy atom. The van der Waals surface area contributed by atoms with Gasteiger partial charge in [0.15, 0.2) is 0 Å². The molecule has 0 bridgehead atoms. The number of rotatable bonds is 6. The highest BCUT2D eigenvalue weighted by molar-refractivity contribution is 5.98. The Morgan fingerprint density at radius 1 is 1.15 bits per heavy atom. The molecule has 2 aromatic carbocycles. The minimum Gasteiger partial charge on any atom is -0.361 e. The molecule has 1 saturated heterocycles. The first-order chi connectivity index (χ1) is 13.3. The van der Waals surface area contributed by atoms with E-state index in [0.717, 1.165) is 61.8 Å². The highest BCUT2D eigenvalue weighted by Gasteiger charge is 2.21. The maximum absolute atomic E-state index is 12.6. The summed E-state index contributed by atoms with van der Waals surface area (Å²) < 4.78 is 0.